The van der Waals surface area contributed by atoms with Crippen LogP contribution in [0.5, 0.6) is 0 Å². The first-order chi connectivity index (χ1) is 14.2. The summed E-state index contributed by atoms with van der Waals surface area (Å²) >= 11 is 0. The molecule has 4 nitrogen and oxygen atoms in total. The molecule has 5 heteroatoms. The van der Waals surface area contributed by atoms with E-state index in [2.05, 4.69) is 30.5 Å². The van der Waals surface area contributed by atoms with Crippen molar-refractivity contribution in [3.8, 4) is 5.69 Å². The number of halogens is 1. The molecule has 0 atom stereocenters. The maximum absolute atomic E-state index is 14.0. The van der Waals surface area contributed by atoms with Crippen LogP contribution in [-0.2, 0) is 14.9 Å². The van der Waals surface area contributed by atoms with Crippen LogP contribution in [0.15, 0.2) is 42.5 Å². The summed E-state index contributed by atoms with van der Waals surface area (Å²) in [4.78, 5) is 11.4. The molecule has 0 unspecified atom stereocenters. The molecule has 2 aromatic carbocycles. The van der Waals surface area contributed by atoms with E-state index in [1.54, 1.807) is 14.0 Å². The Morgan fingerprint density at radius 1 is 1.23 bits per heavy atom. The number of carbonyl (C=O) groups is 1. The van der Waals surface area contributed by atoms with Gasteiger partial charge in [-0.3, -0.25) is 4.79 Å². The van der Waals surface area contributed by atoms with Crippen molar-refractivity contribution in [2.45, 2.75) is 44.9 Å². The summed E-state index contributed by atoms with van der Waals surface area (Å²) < 4.78 is 21.8. The van der Waals surface area contributed by atoms with Crippen molar-refractivity contribution < 1.29 is 19.0 Å². The van der Waals surface area contributed by atoms with Gasteiger partial charge in [-0.05, 0) is 61.1 Å². The molecule has 1 saturated carbocycles. The SMILES string of the molecule is COCC(C)(C)c1c(C2CC(C(=O)O)C2)c2ccccc2n1-c1ccc(F)c(C)c1. The van der Waals surface area contributed by atoms with Crippen LogP contribution in [0.1, 0.15) is 49.4 Å². The zero-order chi connectivity index (χ0) is 21.6. The molecule has 0 saturated heterocycles. The average molecular weight is 410 g/mol. The van der Waals surface area contributed by atoms with E-state index in [0.717, 1.165) is 22.3 Å². The summed E-state index contributed by atoms with van der Waals surface area (Å²) in [6.07, 6.45) is 1.28. The maximum Gasteiger partial charge on any atom is 0.306 e. The van der Waals surface area contributed by atoms with Gasteiger partial charge in [-0.2, -0.15) is 0 Å². The van der Waals surface area contributed by atoms with E-state index in [1.165, 1.54) is 11.6 Å². The Labute approximate surface area is 176 Å². The minimum atomic E-state index is -0.721. The largest absolute Gasteiger partial charge is 0.481 e. The fourth-order valence-electron chi connectivity index (χ4n) is 4.87. The van der Waals surface area contributed by atoms with Gasteiger partial charge in [0, 0.05) is 29.3 Å². The number of aliphatic carboxylic acids is 1. The highest BCUT2D eigenvalue weighted by Gasteiger charge is 2.41. The molecule has 30 heavy (non-hydrogen) atoms. The van der Waals surface area contributed by atoms with Crippen LogP contribution in [-0.4, -0.2) is 29.4 Å². The van der Waals surface area contributed by atoms with Crippen molar-refractivity contribution >= 4 is 16.9 Å². The van der Waals surface area contributed by atoms with Crippen molar-refractivity contribution in [1.82, 2.24) is 4.57 Å². The summed E-state index contributed by atoms with van der Waals surface area (Å²) in [5.41, 5.74) is 4.55. The lowest BCUT2D eigenvalue weighted by molar-refractivity contribution is -0.145. The van der Waals surface area contributed by atoms with Gasteiger partial charge in [0.1, 0.15) is 5.82 Å². The predicted molar refractivity (Wildman–Crippen MR) is 116 cm³/mol. The monoisotopic (exact) mass is 409 g/mol. The summed E-state index contributed by atoms with van der Waals surface area (Å²) in [6, 6.07) is 13.4. The van der Waals surface area contributed by atoms with Gasteiger partial charge in [-0.15, -0.1) is 0 Å². The number of fused-ring (bicyclic) bond motifs is 1. The van der Waals surface area contributed by atoms with Crippen LogP contribution in [0.2, 0.25) is 0 Å². The predicted octanol–water partition coefficient (Wildman–Crippen LogP) is 5.58. The molecule has 0 bridgehead atoms. The number of aromatic nitrogens is 1. The molecular weight excluding hydrogens is 381 g/mol. The molecular formula is C25H28FNO3. The highest BCUT2D eigenvalue weighted by molar-refractivity contribution is 5.89. The lowest BCUT2D eigenvalue weighted by atomic mass is 9.68. The summed E-state index contributed by atoms with van der Waals surface area (Å²) in [5.74, 6) is -1.05. The van der Waals surface area contributed by atoms with Gasteiger partial charge in [0.2, 0.25) is 0 Å². The first kappa shape index (κ1) is 20.6. The Kier molecular flexibility index (Phi) is 5.18. The molecule has 0 amide bonds. The van der Waals surface area contributed by atoms with E-state index >= 15 is 0 Å². The third-order valence-corrected chi connectivity index (χ3v) is 6.36. The number of rotatable bonds is 6. The molecule has 1 heterocycles. The Balaban J connectivity index is 2.00. The van der Waals surface area contributed by atoms with Gasteiger partial charge in [-0.25, -0.2) is 4.39 Å². The zero-order valence-electron chi connectivity index (χ0n) is 17.9. The fourth-order valence-corrected chi connectivity index (χ4v) is 4.87. The second kappa shape index (κ2) is 7.55. The van der Waals surface area contributed by atoms with Gasteiger partial charge in [0.05, 0.1) is 18.0 Å². The standard InChI is InChI=1S/C25H28FNO3/c1-15-11-18(9-10-20(15)26)27-21-8-6-5-7-19(21)22(16-12-17(13-16)24(28)29)23(27)25(2,3)14-30-4/h5-11,16-17H,12-14H2,1-4H3,(H,28,29). The van der Waals surface area contributed by atoms with Crippen LogP contribution in [0.4, 0.5) is 4.39 Å². The van der Waals surface area contributed by atoms with Crippen molar-refractivity contribution in [3.63, 3.8) is 0 Å². The molecule has 0 aliphatic heterocycles. The van der Waals surface area contributed by atoms with Gasteiger partial charge in [-0.1, -0.05) is 32.0 Å². The van der Waals surface area contributed by atoms with Crippen LogP contribution >= 0.6 is 0 Å². The molecule has 1 aromatic heterocycles. The summed E-state index contributed by atoms with van der Waals surface area (Å²) in [7, 11) is 1.69. The maximum atomic E-state index is 14.0. The number of carboxylic acid groups (broad SMARTS) is 1. The minimum absolute atomic E-state index is 0.185. The molecule has 1 N–H and O–H groups in total. The first-order valence-electron chi connectivity index (χ1n) is 10.4. The third kappa shape index (κ3) is 3.31. The zero-order valence-corrected chi connectivity index (χ0v) is 17.9. The van der Waals surface area contributed by atoms with Gasteiger partial charge >= 0.3 is 5.97 Å². The Morgan fingerprint density at radius 2 is 1.93 bits per heavy atom. The molecule has 0 radical (unpaired) electrons. The number of carboxylic acids is 1. The van der Waals surface area contributed by atoms with E-state index in [-0.39, 0.29) is 23.1 Å². The molecule has 4 rings (SSSR count). The van der Waals surface area contributed by atoms with Crippen LogP contribution in [0.25, 0.3) is 16.6 Å². The Bertz CT molecular complexity index is 1110. The van der Waals surface area contributed by atoms with E-state index in [1.807, 2.05) is 24.3 Å². The molecule has 1 aliphatic carbocycles. The quantitative estimate of drug-likeness (QED) is 0.578. The normalized spacial score (nSPS) is 19.1. The van der Waals surface area contributed by atoms with E-state index in [4.69, 9.17) is 4.74 Å². The van der Waals surface area contributed by atoms with Crippen molar-refractivity contribution in [2.24, 2.45) is 5.92 Å². The lowest BCUT2D eigenvalue weighted by Gasteiger charge is -2.36. The Hall–Kier alpha value is -2.66. The lowest BCUT2D eigenvalue weighted by Crippen LogP contribution is -2.33. The van der Waals surface area contributed by atoms with Crippen LogP contribution < -0.4 is 0 Å². The van der Waals surface area contributed by atoms with Gasteiger partial charge in [0.15, 0.2) is 0 Å². The summed E-state index contributed by atoms with van der Waals surface area (Å²) in [5, 5.41) is 10.5. The van der Waals surface area contributed by atoms with Crippen molar-refractivity contribution in [2.75, 3.05) is 13.7 Å². The fraction of sp³-hybridized carbons (Fsp3) is 0.400. The number of nitrogens with zero attached hydrogens (tertiary/aromatic N) is 1. The molecule has 1 aliphatic rings. The Morgan fingerprint density at radius 3 is 2.57 bits per heavy atom. The highest BCUT2D eigenvalue weighted by Crippen LogP contribution is 2.49. The first-order valence-corrected chi connectivity index (χ1v) is 10.4. The number of aryl methyl sites for hydroxylation is 1. The van der Waals surface area contributed by atoms with Crippen LogP contribution in [0.3, 0.4) is 0 Å². The smallest absolute Gasteiger partial charge is 0.306 e. The average Bonchev–Trinajstić information content (AvgIpc) is 2.99. The number of hydrogen-bond donors (Lipinski definition) is 1. The second-order valence-electron chi connectivity index (χ2n) is 9.07. The highest BCUT2D eigenvalue weighted by atomic mass is 19.1. The second-order valence-corrected chi connectivity index (χ2v) is 9.07. The molecule has 1 fully saturated rings. The van der Waals surface area contributed by atoms with E-state index in [9.17, 15) is 14.3 Å². The summed E-state index contributed by atoms with van der Waals surface area (Å²) in [6.45, 7) is 6.59. The number of para-hydroxylation sites is 1. The van der Waals surface area contributed by atoms with Crippen LogP contribution in [0, 0.1) is 18.7 Å². The minimum Gasteiger partial charge on any atom is -0.481 e. The number of ether oxygens (including phenoxy) is 1. The van der Waals surface area contributed by atoms with Gasteiger partial charge < -0.3 is 14.4 Å². The topological polar surface area (TPSA) is 51.5 Å². The molecule has 0 spiro atoms. The van der Waals surface area contributed by atoms with E-state index in [0.29, 0.717) is 25.0 Å². The molecule has 3 aromatic rings. The number of hydrogen-bond acceptors (Lipinski definition) is 2. The third-order valence-electron chi connectivity index (χ3n) is 6.36. The van der Waals surface area contributed by atoms with E-state index < -0.39 is 5.97 Å². The van der Waals surface area contributed by atoms with Crippen molar-refractivity contribution in [1.29, 1.82) is 0 Å². The van der Waals surface area contributed by atoms with Crippen molar-refractivity contribution in [3.05, 3.63) is 65.1 Å². The van der Waals surface area contributed by atoms with Gasteiger partial charge in [0.25, 0.3) is 0 Å². The number of methoxy groups -OCH3 is 1. The molecule has 158 valence electrons. The number of benzene rings is 2.